The summed E-state index contributed by atoms with van der Waals surface area (Å²) in [4.78, 5) is 2.43. The Bertz CT molecular complexity index is 105. The molecule has 0 aliphatic rings. The molecule has 0 fully saturated rings. The Morgan fingerprint density at radius 3 is 1.77 bits per heavy atom. The Hall–Kier alpha value is 0.540. The number of halogens is 2. The van der Waals surface area contributed by atoms with Gasteiger partial charge in [0.05, 0.1) is 0 Å². The van der Waals surface area contributed by atoms with E-state index in [4.69, 9.17) is 11.6 Å². The normalized spacial score (nSPS) is 13.6. The van der Waals surface area contributed by atoms with Crippen LogP contribution in [0, 0.1) is 6.92 Å². The maximum Gasteiger partial charge on any atom is 0.0348 e. The Morgan fingerprint density at radius 1 is 1.15 bits per heavy atom. The minimum atomic E-state index is 0. The highest BCUT2D eigenvalue weighted by Gasteiger charge is 2.13. The highest BCUT2D eigenvalue weighted by atomic mass is 35.5. The van der Waals surface area contributed by atoms with E-state index >= 15 is 0 Å². The van der Waals surface area contributed by atoms with Crippen LogP contribution in [0.1, 0.15) is 34.1 Å². The molecule has 0 aliphatic heterocycles. The molecule has 1 atom stereocenters. The van der Waals surface area contributed by atoms with E-state index < -0.39 is 0 Å². The SMILES string of the molecule is Cl.[CH2]C(Cl)CCN(C(C)C)C(C)C. The predicted octanol–water partition coefficient (Wildman–Crippen LogP) is 3.36. The van der Waals surface area contributed by atoms with E-state index in [0.29, 0.717) is 12.1 Å². The van der Waals surface area contributed by atoms with Gasteiger partial charge in [-0.05, 0) is 41.0 Å². The highest BCUT2D eigenvalue weighted by Crippen LogP contribution is 2.08. The number of alkyl halides is 1. The van der Waals surface area contributed by atoms with Gasteiger partial charge in [-0.15, -0.1) is 24.0 Å². The van der Waals surface area contributed by atoms with Gasteiger partial charge in [-0.2, -0.15) is 0 Å². The van der Waals surface area contributed by atoms with Crippen LogP contribution in [0.15, 0.2) is 0 Å². The van der Waals surface area contributed by atoms with E-state index in [2.05, 4.69) is 39.5 Å². The van der Waals surface area contributed by atoms with Crippen molar-refractivity contribution in [2.24, 2.45) is 0 Å². The summed E-state index contributed by atoms with van der Waals surface area (Å²) in [6, 6.07) is 1.20. The van der Waals surface area contributed by atoms with Crippen LogP contribution in [0.5, 0.6) is 0 Å². The summed E-state index contributed by atoms with van der Waals surface area (Å²) in [5.41, 5.74) is 0. The summed E-state index contributed by atoms with van der Waals surface area (Å²) in [6.45, 7) is 13.7. The summed E-state index contributed by atoms with van der Waals surface area (Å²) in [5.74, 6) is 0. The summed E-state index contributed by atoms with van der Waals surface area (Å²) in [7, 11) is 0. The van der Waals surface area contributed by atoms with E-state index in [-0.39, 0.29) is 17.8 Å². The molecule has 0 saturated heterocycles. The van der Waals surface area contributed by atoms with Crippen molar-refractivity contribution in [3.63, 3.8) is 0 Å². The molecule has 0 aromatic heterocycles. The maximum absolute atomic E-state index is 5.79. The van der Waals surface area contributed by atoms with Crippen LogP contribution in [0.3, 0.4) is 0 Å². The Kier molecular flexibility index (Phi) is 9.71. The zero-order chi connectivity index (χ0) is 9.72. The van der Waals surface area contributed by atoms with Gasteiger partial charge in [0.15, 0.2) is 0 Å². The first-order valence-electron chi connectivity index (χ1n) is 4.68. The van der Waals surface area contributed by atoms with E-state index in [9.17, 15) is 0 Å². The molecule has 0 aliphatic carbocycles. The largest absolute Gasteiger partial charge is 0.298 e. The van der Waals surface area contributed by atoms with Gasteiger partial charge in [0, 0.05) is 24.0 Å². The number of hydrogen-bond donors (Lipinski definition) is 0. The summed E-state index contributed by atoms with van der Waals surface area (Å²) in [6.07, 6.45) is 0.970. The van der Waals surface area contributed by atoms with E-state index in [0.717, 1.165) is 13.0 Å². The van der Waals surface area contributed by atoms with Crippen molar-refractivity contribution in [3.05, 3.63) is 6.92 Å². The fraction of sp³-hybridized carbons (Fsp3) is 0.900. The maximum atomic E-state index is 5.79. The fourth-order valence-electron chi connectivity index (χ4n) is 1.40. The molecule has 3 heteroatoms. The van der Waals surface area contributed by atoms with Gasteiger partial charge < -0.3 is 0 Å². The Labute approximate surface area is 94.2 Å². The number of rotatable bonds is 5. The van der Waals surface area contributed by atoms with Gasteiger partial charge in [-0.1, -0.05) is 0 Å². The van der Waals surface area contributed by atoms with Crippen molar-refractivity contribution < 1.29 is 0 Å². The lowest BCUT2D eigenvalue weighted by atomic mass is 10.2. The molecule has 0 aromatic carbocycles. The van der Waals surface area contributed by atoms with E-state index in [1.807, 2.05) is 0 Å². The molecule has 0 rings (SSSR count). The molecule has 0 bridgehead atoms. The lowest BCUT2D eigenvalue weighted by Gasteiger charge is -2.30. The average molecular weight is 227 g/mol. The van der Waals surface area contributed by atoms with Gasteiger partial charge >= 0.3 is 0 Å². The Balaban J connectivity index is 0. The molecule has 0 heterocycles. The standard InChI is InChI=1S/C10H21ClN.ClH/c1-8(2)12(9(3)4)7-6-10(5)11;/h8-10H,5-7H2,1-4H3;1H. The Morgan fingerprint density at radius 2 is 1.54 bits per heavy atom. The lowest BCUT2D eigenvalue weighted by molar-refractivity contribution is 0.174. The molecule has 0 spiro atoms. The van der Waals surface area contributed by atoms with Crippen LogP contribution in [0.25, 0.3) is 0 Å². The third-order valence-electron chi connectivity index (χ3n) is 2.03. The summed E-state index contributed by atoms with van der Waals surface area (Å²) in [5, 5.41) is 0.0463. The topological polar surface area (TPSA) is 3.24 Å². The van der Waals surface area contributed by atoms with Gasteiger partial charge in [0.1, 0.15) is 0 Å². The quantitative estimate of drug-likeness (QED) is 0.651. The van der Waals surface area contributed by atoms with Crippen LogP contribution in [-0.4, -0.2) is 28.9 Å². The first kappa shape index (κ1) is 16.0. The summed E-state index contributed by atoms with van der Waals surface area (Å²) >= 11 is 5.79. The van der Waals surface area contributed by atoms with Crippen molar-refractivity contribution >= 4 is 24.0 Å². The van der Waals surface area contributed by atoms with Crippen LogP contribution >= 0.6 is 24.0 Å². The molecule has 1 nitrogen and oxygen atoms in total. The first-order chi connectivity index (χ1) is 5.45. The first-order valence-corrected chi connectivity index (χ1v) is 5.11. The van der Waals surface area contributed by atoms with Gasteiger partial charge in [0.25, 0.3) is 0 Å². The molecule has 0 N–H and O–H groups in total. The average Bonchev–Trinajstić information content (AvgIpc) is 1.84. The van der Waals surface area contributed by atoms with Crippen LogP contribution in [0.2, 0.25) is 0 Å². The second-order valence-corrected chi connectivity index (χ2v) is 4.43. The molecule has 0 aromatic rings. The minimum Gasteiger partial charge on any atom is -0.298 e. The van der Waals surface area contributed by atoms with Crippen molar-refractivity contribution in [1.29, 1.82) is 0 Å². The second kappa shape index (κ2) is 7.90. The van der Waals surface area contributed by atoms with Gasteiger partial charge in [-0.3, -0.25) is 4.90 Å². The summed E-state index contributed by atoms with van der Waals surface area (Å²) < 4.78 is 0. The number of hydrogen-bond acceptors (Lipinski definition) is 1. The predicted molar refractivity (Wildman–Crippen MR) is 63.8 cm³/mol. The van der Waals surface area contributed by atoms with Gasteiger partial charge in [-0.25, -0.2) is 0 Å². The molecule has 1 radical (unpaired) electrons. The fourth-order valence-corrected chi connectivity index (χ4v) is 1.50. The smallest absolute Gasteiger partial charge is 0.0348 e. The third kappa shape index (κ3) is 7.60. The molecule has 13 heavy (non-hydrogen) atoms. The van der Waals surface area contributed by atoms with Crippen LogP contribution < -0.4 is 0 Å². The monoisotopic (exact) mass is 226 g/mol. The minimum absolute atomic E-state index is 0. The molecular weight excluding hydrogens is 205 g/mol. The zero-order valence-electron chi connectivity index (χ0n) is 9.09. The molecule has 81 valence electrons. The van der Waals surface area contributed by atoms with E-state index in [1.165, 1.54) is 0 Å². The second-order valence-electron chi connectivity index (χ2n) is 3.81. The highest BCUT2D eigenvalue weighted by molar-refractivity contribution is 6.21. The molecular formula is C10H22Cl2N. The van der Waals surface area contributed by atoms with E-state index in [1.54, 1.807) is 0 Å². The van der Waals surface area contributed by atoms with Crippen molar-refractivity contribution in [1.82, 2.24) is 4.90 Å². The molecule has 0 amide bonds. The van der Waals surface area contributed by atoms with Crippen molar-refractivity contribution in [2.45, 2.75) is 51.6 Å². The van der Waals surface area contributed by atoms with Crippen molar-refractivity contribution in [3.8, 4) is 0 Å². The molecule has 0 saturated carbocycles. The van der Waals surface area contributed by atoms with Crippen molar-refractivity contribution in [2.75, 3.05) is 6.54 Å². The molecule has 1 unspecified atom stereocenters. The zero-order valence-corrected chi connectivity index (χ0v) is 10.7. The van der Waals surface area contributed by atoms with Crippen LogP contribution in [0.4, 0.5) is 0 Å². The lowest BCUT2D eigenvalue weighted by Crippen LogP contribution is -2.38. The number of nitrogens with zero attached hydrogens (tertiary/aromatic N) is 1. The third-order valence-corrected chi connectivity index (χ3v) is 2.25. The van der Waals surface area contributed by atoms with Crippen LogP contribution in [-0.2, 0) is 0 Å². The van der Waals surface area contributed by atoms with Gasteiger partial charge in [0.2, 0.25) is 0 Å².